The number of rotatable bonds is 3. The molecule has 0 spiro atoms. The third-order valence-electron chi connectivity index (χ3n) is 2.12. The Hall–Kier alpha value is -2.77. The fourth-order valence-corrected chi connectivity index (χ4v) is 1.37. The fourth-order valence-electron chi connectivity index (χ4n) is 1.37. The van der Waals surface area contributed by atoms with Crippen LogP contribution in [0.25, 0.3) is 0 Å². The van der Waals surface area contributed by atoms with Gasteiger partial charge in [0.05, 0.1) is 6.07 Å². The highest BCUT2D eigenvalue weighted by Gasteiger charge is 2.17. The summed E-state index contributed by atoms with van der Waals surface area (Å²) in [5.41, 5.74) is -0.124. The number of nitrogens with one attached hydrogen (secondary N) is 1. The number of amides is 1. The van der Waals surface area contributed by atoms with E-state index in [0.29, 0.717) is 6.07 Å². The average Bonchev–Trinajstić information content (AvgIpc) is 2.76. The number of carbonyl (C=O) groups excluding carboxylic acids is 1. The quantitative estimate of drug-likeness (QED) is 0.685. The van der Waals surface area contributed by atoms with Gasteiger partial charge in [-0.1, -0.05) is 0 Å². The van der Waals surface area contributed by atoms with Crippen molar-refractivity contribution in [2.75, 3.05) is 5.32 Å². The Morgan fingerprint density at radius 3 is 2.37 bits per heavy atom. The van der Waals surface area contributed by atoms with Gasteiger partial charge in [0.25, 0.3) is 5.91 Å². The second kappa shape index (κ2) is 4.84. The smallest absolute Gasteiger partial charge is 0.395 e. The standard InChI is InChI=1S/C11H6F2N2O4/c12-6-3-7(13)5-8(4-6)14-11(16)9-1-2-10(19-9)15(17)18/h1-5H,(H,14,16). The van der Waals surface area contributed by atoms with Crippen molar-refractivity contribution >= 4 is 17.5 Å². The Kier molecular flexibility index (Phi) is 3.23. The van der Waals surface area contributed by atoms with Crippen LogP contribution in [-0.4, -0.2) is 10.8 Å². The molecule has 8 heteroatoms. The summed E-state index contributed by atoms with van der Waals surface area (Å²) in [4.78, 5) is 21.2. The first kappa shape index (κ1) is 12.7. The molecule has 0 aliphatic rings. The van der Waals surface area contributed by atoms with Gasteiger partial charge in [0.1, 0.15) is 16.6 Å². The summed E-state index contributed by atoms with van der Waals surface area (Å²) in [6.07, 6.45) is 0. The van der Waals surface area contributed by atoms with Gasteiger partial charge in [0, 0.05) is 11.8 Å². The van der Waals surface area contributed by atoms with Crippen LogP contribution >= 0.6 is 0 Å². The van der Waals surface area contributed by atoms with E-state index in [2.05, 4.69) is 9.73 Å². The van der Waals surface area contributed by atoms with Gasteiger partial charge in [-0.05, 0) is 18.2 Å². The molecule has 0 atom stereocenters. The number of anilines is 1. The zero-order valence-corrected chi connectivity index (χ0v) is 9.22. The molecule has 1 aromatic heterocycles. The molecule has 19 heavy (non-hydrogen) atoms. The predicted molar refractivity (Wildman–Crippen MR) is 59.7 cm³/mol. The van der Waals surface area contributed by atoms with Crippen molar-refractivity contribution in [3.05, 3.63) is 57.8 Å². The topological polar surface area (TPSA) is 85.4 Å². The lowest BCUT2D eigenvalue weighted by molar-refractivity contribution is -0.402. The number of furan rings is 1. The monoisotopic (exact) mass is 268 g/mol. The lowest BCUT2D eigenvalue weighted by Crippen LogP contribution is -2.11. The van der Waals surface area contributed by atoms with Crippen molar-refractivity contribution in [2.24, 2.45) is 0 Å². The van der Waals surface area contributed by atoms with E-state index in [1.165, 1.54) is 0 Å². The summed E-state index contributed by atoms with van der Waals surface area (Å²) < 4.78 is 30.4. The molecule has 0 unspecified atom stereocenters. The zero-order valence-electron chi connectivity index (χ0n) is 9.22. The van der Waals surface area contributed by atoms with Gasteiger partial charge in [-0.2, -0.15) is 0 Å². The molecule has 0 fully saturated rings. The van der Waals surface area contributed by atoms with Gasteiger partial charge in [-0.15, -0.1) is 0 Å². The van der Waals surface area contributed by atoms with E-state index in [0.717, 1.165) is 24.3 Å². The van der Waals surface area contributed by atoms with Crippen molar-refractivity contribution in [2.45, 2.75) is 0 Å². The summed E-state index contributed by atoms with van der Waals surface area (Å²) in [6.45, 7) is 0. The number of benzene rings is 1. The number of halogens is 2. The Labute approximate surface area is 104 Å². The van der Waals surface area contributed by atoms with Crippen molar-refractivity contribution in [1.82, 2.24) is 0 Å². The van der Waals surface area contributed by atoms with E-state index in [1.807, 2.05) is 0 Å². The third-order valence-corrected chi connectivity index (χ3v) is 2.12. The minimum atomic E-state index is -0.860. The number of hydrogen-bond acceptors (Lipinski definition) is 4. The highest BCUT2D eigenvalue weighted by atomic mass is 19.1. The van der Waals surface area contributed by atoms with E-state index in [4.69, 9.17) is 0 Å². The van der Waals surface area contributed by atoms with E-state index >= 15 is 0 Å². The molecular formula is C11H6F2N2O4. The molecule has 0 bridgehead atoms. The maximum atomic E-state index is 12.9. The molecule has 1 aromatic carbocycles. The predicted octanol–water partition coefficient (Wildman–Crippen LogP) is 2.72. The number of nitro groups is 1. The second-order valence-corrected chi connectivity index (χ2v) is 3.51. The SMILES string of the molecule is O=C(Nc1cc(F)cc(F)c1)c1ccc([N+](=O)[O-])o1. The van der Waals surface area contributed by atoms with E-state index in [9.17, 15) is 23.7 Å². The molecule has 0 saturated carbocycles. The summed E-state index contributed by atoms with van der Waals surface area (Å²) in [6, 6.07) is 4.54. The van der Waals surface area contributed by atoms with Gasteiger partial charge >= 0.3 is 5.88 Å². The first-order valence-corrected chi connectivity index (χ1v) is 4.97. The number of carbonyl (C=O) groups is 1. The molecule has 0 radical (unpaired) electrons. The van der Waals surface area contributed by atoms with Crippen LogP contribution in [0, 0.1) is 21.7 Å². The van der Waals surface area contributed by atoms with Gasteiger partial charge in [-0.3, -0.25) is 14.9 Å². The van der Waals surface area contributed by atoms with E-state index in [1.54, 1.807) is 0 Å². The maximum absolute atomic E-state index is 12.9. The van der Waals surface area contributed by atoms with Crippen LogP contribution in [0.2, 0.25) is 0 Å². The van der Waals surface area contributed by atoms with Crippen LogP contribution in [-0.2, 0) is 0 Å². The summed E-state index contributed by atoms with van der Waals surface area (Å²) in [5, 5.41) is 12.5. The molecule has 0 aliphatic carbocycles. The van der Waals surface area contributed by atoms with Crippen LogP contribution < -0.4 is 5.32 Å². The lowest BCUT2D eigenvalue weighted by atomic mass is 10.3. The highest BCUT2D eigenvalue weighted by Crippen LogP contribution is 2.18. The molecule has 1 heterocycles. The number of nitrogens with zero attached hydrogens (tertiary/aromatic N) is 1. The summed E-state index contributed by atoms with van der Waals surface area (Å²) in [5.74, 6) is -3.51. The lowest BCUT2D eigenvalue weighted by Gasteiger charge is -2.03. The Morgan fingerprint density at radius 2 is 1.84 bits per heavy atom. The molecule has 0 saturated heterocycles. The zero-order chi connectivity index (χ0) is 14.0. The van der Waals surface area contributed by atoms with Gasteiger partial charge in [0.2, 0.25) is 0 Å². The summed E-state index contributed by atoms with van der Waals surface area (Å²) >= 11 is 0. The Balaban J connectivity index is 2.18. The van der Waals surface area contributed by atoms with Crippen molar-refractivity contribution in [3.8, 4) is 0 Å². The second-order valence-electron chi connectivity index (χ2n) is 3.51. The summed E-state index contributed by atoms with van der Waals surface area (Å²) in [7, 11) is 0. The normalized spacial score (nSPS) is 10.2. The van der Waals surface area contributed by atoms with Gasteiger partial charge in [-0.25, -0.2) is 8.78 Å². The maximum Gasteiger partial charge on any atom is 0.433 e. The van der Waals surface area contributed by atoms with Crippen LogP contribution in [0.5, 0.6) is 0 Å². The van der Waals surface area contributed by atoms with Crippen molar-refractivity contribution < 1.29 is 22.9 Å². The van der Waals surface area contributed by atoms with Crippen LogP contribution in [0.1, 0.15) is 10.6 Å². The van der Waals surface area contributed by atoms with Crippen molar-refractivity contribution in [3.63, 3.8) is 0 Å². The number of hydrogen-bond donors (Lipinski definition) is 1. The Bertz CT molecular complexity index is 634. The van der Waals surface area contributed by atoms with Gasteiger partial charge < -0.3 is 9.73 Å². The molecular weight excluding hydrogens is 262 g/mol. The molecule has 2 aromatic rings. The van der Waals surface area contributed by atoms with Crippen molar-refractivity contribution in [1.29, 1.82) is 0 Å². The first-order valence-electron chi connectivity index (χ1n) is 4.97. The minimum absolute atomic E-state index is 0.124. The molecule has 1 N–H and O–H groups in total. The minimum Gasteiger partial charge on any atom is -0.395 e. The average molecular weight is 268 g/mol. The third kappa shape index (κ3) is 2.92. The Morgan fingerprint density at radius 1 is 1.21 bits per heavy atom. The fraction of sp³-hybridized carbons (Fsp3) is 0. The highest BCUT2D eigenvalue weighted by molar-refractivity contribution is 6.02. The van der Waals surface area contributed by atoms with E-state index < -0.39 is 28.3 Å². The molecule has 98 valence electrons. The molecule has 2 rings (SSSR count). The largest absolute Gasteiger partial charge is 0.433 e. The molecule has 1 amide bonds. The first-order chi connectivity index (χ1) is 8.95. The van der Waals surface area contributed by atoms with Crippen LogP contribution in [0.15, 0.2) is 34.7 Å². The molecule has 6 nitrogen and oxygen atoms in total. The molecule has 0 aliphatic heterocycles. The van der Waals surface area contributed by atoms with E-state index in [-0.39, 0.29) is 11.4 Å². The van der Waals surface area contributed by atoms with Gasteiger partial charge in [0.15, 0.2) is 5.76 Å². The van der Waals surface area contributed by atoms with Crippen LogP contribution in [0.3, 0.4) is 0 Å². The van der Waals surface area contributed by atoms with Crippen LogP contribution in [0.4, 0.5) is 20.4 Å².